The highest BCUT2D eigenvalue weighted by Gasteiger charge is 2.38. The van der Waals surface area contributed by atoms with Crippen molar-refractivity contribution in [1.82, 2.24) is 25.0 Å². The third-order valence-electron chi connectivity index (χ3n) is 5.08. The predicted molar refractivity (Wildman–Crippen MR) is 92.9 cm³/mol. The highest BCUT2D eigenvalue weighted by Crippen LogP contribution is 2.33. The van der Waals surface area contributed by atoms with E-state index in [9.17, 15) is 4.79 Å². The fourth-order valence-electron chi connectivity index (χ4n) is 3.70. The minimum atomic E-state index is 0.0706. The van der Waals surface area contributed by atoms with Crippen molar-refractivity contribution in [1.29, 1.82) is 0 Å². The zero-order valence-electron chi connectivity index (χ0n) is 14.4. The summed E-state index contributed by atoms with van der Waals surface area (Å²) in [6, 6.07) is 0. The Morgan fingerprint density at radius 1 is 1.33 bits per heavy atom. The van der Waals surface area contributed by atoms with E-state index in [4.69, 9.17) is 4.74 Å². The van der Waals surface area contributed by atoms with Gasteiger partial charge in [0.2, 0.25) is 5.91 Å². The molecule has 134 valence electrons. The molecular weight excluding hydrogens is 326 g/mol. The molecule has 1 saturated carbocycles. The summed E-state index contributed by atoms with van der Waals surface area (Å²) in [7, 11) is 1.88. The number of aromatic nitrogens is 3. The van der Waals surface area contributed by atoms with Crippen molar-refractivity contribution in [3.8, 4) is 0 Å². The van der Waals surface area contributed by atoms with E-state index < -0.39 is 0 Å². The molecule has 2 aliphatic rings. The van der Waals surface area contributed by atoms with E-state index in [1.54, 1.807) is 6.33 Å². The van der Waals surface area contributed by atoms with Crippen LogP contribution in [0.2, 0.25) is 0 Å². The molecule has 8 heteroatoms. The molecule has 1 saturated heterocycles. The second kappa shape index (κ2) is 8.31. The number of ether oxygens (including phenoxy) is 1. The van der Waals surface area contributed by atoms with Crippen LogP contribution in [-0.2, 0) is 16.6 Å². The Hall–Kier alpha value is -1.12. The lowest BCUT2D eigenvalue weighted by Crippen LogP contribution is -2.59. The zero-order chi connectivity index (χ0) is 16.8. The number of aryl methyl sites for hydroxylation is 1. The topological polar surface area (TPSA) is 72.3 Å². The van der Waals surface area contributed by atoms with Gasteiger partial charge in [-0.05, 0) is 12.8 Å². The molecule has 0 unspecified atom stereocenters. The lowest BCUT2D eigenvalue weighted by Gasteiger charge is -2.48. The summed E-state index contributed by atoms with van der Waals surface area (Å²) in [5.74, 6) is 0.451. The van der Waals surface area contributed by atoms with Gasteiger partial charge in [0.25, 0.3) is 0 Å². The van der Waals surface area contributed by atoms with Gasteiger partial charge in [-0.1, -0.05) is 31.0 Å². The molecule has 0 bridgehead atoms. The minimum Gasteiger partial charge on any atom is -0.379 e. The number of carbonyl (C=O) groups is 1. The van der Waals surface area contributed by atoms with Crippen LogP contribution in [0.4, 0.5) is 0 Å². The van der Waals surface area contributed by atoms with Gasteiger partial charge in [0.1, 0.15) is 6.33 Å². The van der Waals surface area contributed by atoms with Crippen molar-refractivity contribution in [3.63, 3.8) is 0 Å². The van der Waals surface area contributed by atoms with E-state index in [0.29, 0.717) is 5.75 Å². The largest absolute Gasteiger partial charge is 0.379 e. The van der Waals surface area contributed by atoms with Crippen LogP contribution in [0.25, 0.3) is 0 Å². The lowest BCUT2D eigenvalue weighted by molar-refractivity contribution is -0.119. The number of hydrogen-bond acceptors (Lipinski definition) is 6. The molecule has 2 fully saturated rings. The van der Waals surface area contributed by atoms with Crippen LogP contribution in [0.15, 0.2) is 11.5 Å². The molecule has 7 nitrogen and oxygen atoms in total. The first-order valence-electron chi connectivity index (χ1n) is 8.76. The van der Waals surface area contributed by atoms with Gasteiger partial charge in [0, 0.05) is 32.2 Å². The molecule has 0 radical (unpaired) electrons. The van der Waals surface area contributed by atoms with Crippen LogP contribution in [0.3, 0.4) is 0 Å². The molecule has 3 rings (SSSR count). The highest BCUT2D eigenvalue weighted by atomic mass is 32.2. The van der Waals surface area contributed by atoms with Crippen LogP contribution in [0.5, 0.6) is 0 Å². The molecule has 24 heavy (non-hydrogen) atoms. The van der Waals surface area contributed by atoms with E-state index in [2.05, 4.69) is 20.4 Å². The maximum Gasteiger partial charge on any atom is 0.230 e. The van der Waals surface area contributed by atoms with Crippen LogP contribution in [0.1, 0.15) is 32.1 Å². The second-order valence-corrected chi connectivity index (χ2v) is 7.62. The van der Waals surface area contributed by atoms with Crippen molar-refractivity contribution in [2.45, 2.75) is 42.8 Å². The number of nitrogens with one attached hydrogen (secondary N) is 1. The van der Waals surface area contributed by atoms with Gasteiger partial charge in [-0.3, -0.25) is 9.69 Å². The third-order valence-corrected chi connectivity index (χ3v) is 6.12. The smallest absolute Gasteiger partial charge is 0.230 e. The Labute approximate surface area is 147 Å². The molecule has 0 aromatic carbocycles. The number of thioether (sulfide) groups is 1. The molecule has 0 spiro atoms. The molecular formula is C16H27N5O2S. The van der Waals surface area contributed by atoms with Crippen molar-refractivity contribution in [3.05, 3.63) is 6.33 Å². The summed E-state index contributed by atoms with van der Waals surface area (Å²) in [4.78, 5) is 14.8. The van der Waals surface area contributed by atoms with Gasteiger partial charge in [0.15, 0.2) is 5.16 Å². The van der Waals surface area contributed by atoms with Crippen molar-refractivity contribution in [2.75, 3.05) is 38.6 Å². The molecule has 2 heterocycles. The third kappa shape index (κ3) is 4.29. The van der Waals surface area contributed by atoms with Crippen LogP contribution < -0.4 is 5.32 Å². The zero-order valence-corrected chi connectivity index (χ0v) is 15.2. The van der Waals surface area contributed by atoms with Gasteiger partial charge in [-0.15, -0.1) is 10.2 Å². The number of carbonyl (C=O) groups excluding carboxylic acids is 1. The Kier molecular flexibility index (Phi) is 6.13. The lowest BCUT2D eigenvalue weighted by atomic mass is 9.79. The first kappa shape index (κ1) is 17.7. The first-order chi connectivity index (χ1) is 11.7. The van der Waals surface area contributed by atoms with E-state index in [0.717, 1.165) is 38.0 Å². The van der Waals surface area contributed by atoms with E-state index in [1.165, 1.54) is 43.9 Å². The predicted octanol–water partition coefficient (Wildman–Crippen LogP) is 1.06. The maximum atomic E-state index is 12.3. The average Bonchev–Trinajstić information content (AvgIpc) is 3.05. The van der Waals surface area contributed by atoms with Gasteiger partial charge < -0.3 is 14.6 Å². The number of hydrogen-bond donors (Lipinski definition) is 1. The molecule has 1 amide bonds. The first-order valence-corrected chi connectivity index (χ1v) is 9.74. The molecule has 1 aromatic heterocycles. The number of amides is 1. The SMILES string of the molecule is Cn1cnnc1SCC(=O)NCC1(N2CCOCC2)CCCCC1. The molecule has 1 aromatic rings. The van der Waals surface area contributed by atoms with Gasteiger partial charge in [0.05, 0.1) is 19.0 Å². The molecule has 1 N–H and O–H groups in total. The summed E-state index contributed by atoms with van der Waals surface area (Å²) in [6.07, 6.45) is 7.80. The van der Waals surface area contributed by atoms with Crippen molar-refractivity contribution < 1.29 is 9.53 Å². The Morgan fingerprint density at radius 2 is 2.08 bits per heavy atom. The van der Waals surface area contributed by atoms with Crippen molar-refractivity contribution >= 4 is 17.7 Å². The van der Waals surface area contributed by atoms with Gasteiger partial charge >= 0.3 is 0 Å². The minimum absolute atomic E-state index is 0.0706. The van der Waals surface area contributed by atoms with Gasteiger partial charge in [-0.25, -0.2) is 0 Å². The average molecular weight is 353 g/mol. The molecule has 0 atom stereocenters. The molecule has 1 aliphatic heterocycles. The second-order valence-electron chi connectivity index (χ2n) is 6.67. The summed E-state index contributed by atoms with van der Waals surface area (Å²) < 4.78 is 7.33. The van der Waals surface area contributed by atoms with E-state index in [1.807, 2.05) is 11.6 Å². The number of rotatable bonds is 6. The summed E-state index contributed by atoms with van der Waals surface area (Å²) in [6.45, 7) is 4.30. The normalized spacial score (nSPS) is 21.5. The van der Waals surface area contributed by atoms with Crippen LogP contribution in [-0.4, -0.2) is 69.7 Å². The van der Waals surface area contributed by atoms with E-state index >= 15 is 0 Å². The number of nitrogens with zero attached hydrogens (tertiary/aromatic N) is 4. The van der Waals surface area contributed by atoms with Crippen LogP contribution >= 0.6 is 11.8 Å². The summed E-state index contributed by atoms with van der Waals surface area (Å²) >= 11 is 1.43. The van der Waals surface area contributed by atoms with Crippen LogP contribution in [0, 0.1) is 0 Å². The standard InChI is InChI=1S/C16H27N5O2S/c1-20-13-18-19-15(20)24-11-14(22)17-12-16(5-3-2-4-6-16)21-7-9-23-10-8-21/h13H,2-12H2,1H3,(H,17,22). The van der Waals surface area contributed by atoms with E-state index in [-0.39, 0.29) is 11.4 Å². The quantitative estimate of drug-likeness (QED) is 0.771. The number of morpholine rings is 1. The Morgan fingerprint density at radius 3 is 2.75 bits per heavy atom. The Bertz CT molecular complexity index is 538. The summed E-state index contributed by atoms with van der Waals surface area (Å²) in [5, 5.41) is 11.8. The fraction of sp³-hybridized carbons (Fsp3) is 0.812. The van der Waals surface area contributed by atoms with Crippen molar-refractivity contribution in [2.24, 2.45) is 7.05 Å². The Balaban J connectivity index is 1.53. The highest BCUT2D eigenvalue weighted by molar-refractivity contribution is 7.99. The maximum absolute atomic E-state index is 12.3. The summed E-state index contributed by atoms with van der Waals surface area (Å²) in [5.41, 5.74) is 0.118. The van der Waals surface area contributed by atoms with Gasteiger partial charge in [-0.2, -0.15) is 0 Å². The molecule has 1 aliphatic carbocycles. The fourth-order valence-corrected chi connectivity index (χ4v) is 4.42. The monoisotopic (exact) mass is 353 g/mol.